The molecule has 3 heterocycles. The van der Waals surface area contributed by atoms with E-state index >= 15 is 0 Å². The van der Waals surface area contributed by atoms with Crippen LogP contribution in [-0.2, 0) is 17.8 Å². The van der Waals surface area contributed by atoms with Crippen LogP contribution in [0.4, 0.5) is 5.69 Å². The maximum Gasteiger partial charge on any atom is 0.268 e. The second-order valence-electron chi connectivity index (χ2n) is 6.30. The van der Waals surface area contributed by atoms with E-state index < -0.39 is 0 Å². The van der Waals surface area contributed by atoms with E-state index in [2.05, 4.69) is 33.6 Å². The van der Waals surface area contributed by atoms with Crippen molar-refractivity contribution in [3.05, 3.63) is 47.0 Å². The third kappa shape index (κ3) is 3.54. The molecule has 0 atom stereocenters. The van der Waals surface area contributed by atoms with E-state index in [0.717, 1.165) is 55.4 Å². The average molecular weight is 342 g/mol. The molecule has 0 aromatic carbocycles. The van der Waals surface area contributed by atoms with Gasteiger partial charge in [-0.3, -0.25) is 9.78 Å². The zero-order valence-electron chi connectivity index (χ0n) is 15.2. The summed E-state index contributed by atoms with van der Waals surface area (Å²) in [7, 11) is 0. The van der Waals surface area contributed by atoms with Gasteiger partial charge in [0.1, 0.15) is 5.69 Å². The van der Waals surface area contributed by atoms with Crippen LogP contribution >= 0.6 is 0 Å². The van der Waals surface area contributed by atoms with Crippen LogP contribution < -0.4 is 10.2 Å². The minimum absolute atomic E-state index is 0.0363. The molecule has 0 spiro atoms. The minimum atomic E-state index is -0.0363. The summed E-state index contributed by atoms with van der Waals surface area (Å²) in [6.07, 6.45) is 3.51. The molecule has 1 amide bonds. The smallest absolute Gasteiger partial charge is 0.268 e. The van der Waals surface area contributed by atoms with Gasteiger partial charge in [0.2, 0.25) is 0 Å². The molecule has 0 aliphatic carbocycles. The van der Waals surface area contributed by atoms with Gasteiger partial charge in [-0.15, -0.1) is 0 Å². The van der Waals surface area contributed by atoms with Crippen LogP contribution in [0, 0.1) is 13.8 Å². The lowest BCUT2D eigenvalue weighted by atomic mass is 10.1. The predicted octanol–water partition coefficient (Wildman–Crippen LogP) is 2.29. The van der Waals surface area contributed by atoms with Crippen LogP contribution in [-0.4, -0.2) is 41.8 Å². The Balaban J connectivity index is 1.85. The summed E-state index contributed by atoms with van der Waals surface area (Å²) in [5.41, 5.74) is 5.12. The fourth-order valence-corrected chi connectivity index (χ4v) is 3.59. The summed E-state index contributed by atoms with van der Waals surface area (Å²) in [4.78, 5) is 19.3. The highest BCUT2D eigenvalue weighted by Gasteiger charge is 2.26. The highest BCUT2D eigenvalue weighted by molar-refractivity contribution is 5.96. The molecule has 6 heteroatoms. The monoisotopic (exact) mass is 342 g/mol. The van der Waals surface area contributed by atoms with Crippen molar-refractivity contribution in [1.29, 1.82) is 0 Å². The van der Waals surface area contributed by atoms with Gasteiger partial charge in [0.15, 0.2) is 0 Å². The fourth-order valence-electron chi connectivity index (χ4n) is 3.59. The highest BCUT2D eigenvalue weighted by Crippen LogP contribution is 2.31. The van der Waals surface area contributed by atoms with Crippen LogP contribution in [0.3, 0.4) is 0 Å². The van der Waals surface area contributed by atoms with Crippen molar-refractivity contribution in [3.63, 3.8) is 0 Å². The topological polar surface area (TPSA) is 59.4 Å². The molecule has 2 aromatic rings. The molecule has 0 unspecified atom stereocenters. The van der Waals surface area contributed by atoms with Crippen molar-refractivity contribution in [2.45, 2.75) is 33.9 Å². The van der Waals surface area contributed by atoms with Crippen molar-refractivity contribution in [2.24, 2.45) is 0 Å². The Labute approximate surface area is 148 Å². The first-order valence-electron chi connectivity index (χ1n) is 8.83. The van der Waals surface area contributed by atoms with Gasteiger partial charge in [-0.25, -0.2) is 0 Å². The van der Waals surface area contributed by atoms with Crippen molar-refractivity contribution in [2.75, 3.05) is 31.2 Å². The van der Waals surface area contributed by atoms with E-state index in [1.54, 1.807) is 12.4 Å². The van der Waals surface area contributed by atoms with Crippen LogP contribution in [0.15, 0.2) is 24.5 Å². The Morgan fingerprint density at radius 1 is 1.32 bits per heavy atom. The molecular formula is C19H26N4O2. The summed E-state index contributed by atoms with van der Waals surface area (Å²) in [6.45, 7) is 10.7. The normalized spacial score (nSPS) is 14.6. The van der Waals surface area contributed by atoms with Gasteiger partial charge in [0, 0.05) is 49.8 Å². The van der Waals surface area contributed by atoms with Crippen LogP contribution in [0.5, 0.6) is 0 Å². The van der Waals surface area contributed by atoms with Crippen molar-refractivity contribution < 1.29 is 9.53 Å². The van der Waals surface area contributed by atoms with Gasteiger partial charge in [0.05, 0.1) is 18.9 Å². The number of morpholine rings is 1. The molecule has 0 radical (unpaired) electrons. The van der Waals surface area contributed by atoms with Gasteiger partial charge in [0.25, 0.3) is 5.91 Å². The summed E-state index contributed by atoms with van der Waals surface area (Å²) < 4.78 is 7.58. The summed E-state index contributed by atoms with van der Waals surface area (Å²) in [5.74, 6) is -0.0363. The number of amides is 1. The Kier molecular flexibility index (Phi) is 5.38. The quantitative estimate of drug-likeness (QED) is 0.906. The van der Waals surface area contributed by atoms with E-state index in [0.29, 0.717) is 6.54 Å². The molecule has 1 N–H and O–H groups in total. The molecule has 25 heavy (non-hydrogen) atoms. The first-order valence-corrected chi connectivity index (χ1v) is 8.83. The maximum absolute atomic E-state index is 12.9. The number of rotatable bonds is 5. The Hall–Kier alpha value is -2.34. The Morgan fingerprint density at radius 3 is 2.72 bits per heavy atom. The van der Waals surface area contributed by atoms with Gasteiger partial charge in [-0.2, -0.15) is 0 Å². The molecule has 0 saturated carbocycles. The number of hydrogen-bond donors (Lipinski definition) is 1. The van der Waals surface area contributed by atoms with Crippen LogP contribution in [0.25, 0.3) is 0 Å². The minimum Gasteiger partial charge on any atom is -0.378 e. The maximum atomic E-state index is 12.9. The Bertz CT molecular complexity index is 734. The summed E-state index contributed by atoms with van der Waals surface area (Å²) in [6, 6.07) is 3.84. The number of nitrogens with zero attached hydrogens (tertiary/aromatic N) is 3. The van der Waals surface area contributed by atoms with Crippen LogP contribution in [0.2, 0.25) is 0 Å². The second kappa shape index (κ2) is 7.70. The highest BCUT2D eigenvalue weighted by atomic mass is 16.5. The van der Waals surface area contributed by atoms with Crippen LogP contribution in [0.1, 0.15) is 34.2 Å². The molecule has 1 saturated heterocycles. The lowest BCUT2D eigenvalue weighted by Gasteiger charge is -2.29. The largest absolute Gasteiger partial charge is 0.378 e. The van der Waals surface area contributed by atoms with Gasteiger partial charge >= 0.3 is 0 Å². The molecule has 0 bridgehead atoms. The number of ether oxygens (including phenoxy) is 1. The first kappa shape index (κ1) is 17.5. The number of pyridine rings is 1. The number of carbonyl (C=O) groups is 1. The molecule has 134 valence electrons. The van der Waals surface area contributed by atoms with E-state index in [4.69, 9.17) is 4.74 Å². The first-order chi connectivity index (χ1) is 12.1. The lowest BCUT2D eigenvalue weighted by Crippen LogP contribution is -2.36. The van der Waals surface area contributed by atoms with E-state index in [-0.39, 0.29) is 5.91 Å². The number of nitrogens with one attached hydrogen (secondary N) is 1. The number of aromatic nitrogens is 2. The Morgan fingerprint density at radius 2 is 2.08 bits per heavy atom. The third-order valence-corrected chi connectivity index (χ3v) is 4.76. The van der Waals surface area contributed by atoms with Gasteiger partial charge in [-0.05, 0) is 32.4 Å². The molecule has 1 aliphatic rings. The van der Waals surface area contributed by atoms with E-state index in [1.165, 1.54) is 5.69 Å². The second-order valence-corrected chi connectivity index (χ2v) is 6.30. The predicted molar refractivity (Wildman–Crippen MR) is 98.0 cm³/mol. The van der Waals surface area contributed by atoms with Gasteiger partial charge in [-0.1, -0.05) is 6.07 Å². The standard InChI is InChI=1S/C19H26N4O2/c1-4-23-15(3)17(22-8-10-25-11-9-22)14(2)18(23)19(24)21-13-16-6-5-7-20-12-16/h5-7,12H,4,8-11,13H2,1-3H3,(H,21,24). The zero-order valence-corrected chi connectivity index (χ0v) is 15.2. The zero-order chi connectivity index (χ0) is 17.8. The van der Waals surface area contributed by atoms with Gasteiger partial charge < -0.3 is 19.5 Å². The third-order valence-electron chi connectivity index (χ3n) is 4.76. The van der Waals surface area contributed by atoms with Crippen molar-refractivity contribution in [3.8, 4) is 0 Å². The number of hydrogen-bond acceptors (Lipinski definition) is 4. The molecule has 6 nitrogen and oxygen atoms in total. The SMILES string of the molecule is CCn1c(C)c(N2CCOCC2)c(C)c1C(=O)NCc1cccnc1. The molecule has 2 aromatic heterocycles. The fraction of sp³-hybridized carbons (Fsp3) is 0.474. The van der Waals surface area contributed by atoms with Crippen molar-refractivity contribution >= 4 is 11.6 Å². The van der Waals surface area contributed by atoms with E-state index in [1.807, 2.05) is 19.1 Å². The molecule has 1 aliphatic heterocycles. The molecule has 1 fully saturated rings. The number of carbonyl (C=O) groups excluding carboxylic acids is 1. The summed E-state index contributed by atoms with van der Waals surface area (Å²) in [5, 5.41) is 3.03. The van der Waals surface area contributed by atoms with Crippen molar-refractivity contribution in [1.82, 2.24) is 14.9 Å². The molecule has 3 rings (SSSR count). The average Bonchev–Trinajstić information content (AvgIpc) is 2.91. The van der Waals surface area contributed by atoms with E-state index in [9.17, 15) is 4.79 Å². The molecular weight excluding hydrogens is 316 g/mol. The number of anilines is 1. The summed E-state index contributed by atoms with van der Waals surface area (Å²) >= 11 is 0. The lowest BCUT2D eigenvalue weighted by molar-refractivity contribution is 0.0941.